The molecule has 1 aromatic heterocycles. The third-order valence-electron chi connectivity index (χ3n) is 3.32. The van der Waals surface area contributed by atoms with Gasteiger partial charge >= 0.3 is 0 Å². The Bertz CT molecular complexity index is 595. The van der Waals surface area contributed by atoms with E-state index in [-0.39, 0.29) is 0 Å². The van der Waals surface area contributed by atoms with Crippen molar-refractivity contribution in [3.05, 3.63) is 35.9 Å². The van der Waals surface area contributed by atoms with E-state index < -0.39 is 0 Å². The second kappa shape index (κ2) is 7.20. The Morgan fingerprint density at radius 2 is 2.05 bits per heavy atom. The van der Waals surface area contributed by atoms with Gasteiger partial charge in [-0.25, -0.2) is 4.98 Å². The maximum atomic E-state index is 5.82. The molecule has 0 aliphatic rings. The van der Waals surface area contributed by atoms with Crippen LogP contribution in [-0.4, -0.2) is 16.5 Å². The third-order valence-corrected chi connectivity index (χ3v) is 3.54. The quantitative estimate of drug-likeness (QED) is 0.600. The molecule has 0 bridgehead atoms. The number of rotatable bonds is 7. The average molecular weight is 287 g/mol. The van der Waals surface area contributed by atoms with Gasteiger partial charge in [0, 0.05) is 17.5 Å². The van der Waals surface area contributed by atoms with E-state index in [2.05, 4.69) is 17.2 Å². The normalized spacial score (nSPS) is 10.7. The Kier molecular flexibility index (Phi) is 5.30. The number of hydrogen-bond donors (Lipinski definition) is 2. The van der Waals surface area contributed by atoms with Gasteiger partial charge in [-0.1, -0.05) is 56.6 Å². The van der Waals surface area contributed by atoms with E-state index in [4.69, 9.17) is 18.0 Å². The van der Waals surface area contributed by atoms with Gasteiger partial charge in [0.05, 0.1) is 5.52 Å². The number of pyridine rings is 1. The van der Waals surface area contributed by atoms with Crippen molar-refractivity contribution in [1.82, 2.24) is 4.98 Å². The minimum Gasteiger partial charge on any atom is -0.389 e. The van der Waals surface area contributed by atoms with Gasteiger partial charge in [0.2, 0.25) is 0 Å². The standard InChI is InChI=1S/C16H21N3S/c1-2-3-4-7-10-18-15-11-13(16(17)20)12-8-5-6-9-14(12)19-15/h5-6,8-9,11H,2-4,7,10H2,1H3,(H2,17,20)(H,18,19). The number of aromatic nitrogens is 1. The zero-order valence-electron chi connectivity index (χ0n) is 11.9. The van der Waals surface area contributed by atoms with Crippen LogP contribution in [0.25, 0.3) is 10.9 Å². The summed E-state index contributed by atoms with van der Waals surface area (Å²) in [5.74, 6) is 0.850. The fourth-order valence-corrected chi connectivity index (χ4v) is 2.41. The summed E-state index contributed by atoms with van der Waals surface area (Å²) in [4.78, 5) is 5.02. The topological polar surface area (TPSA) is 50.9 Å². The molecule has 2 rings (SSSR count). The molecule has 0 aliphatic heterocycles. The second-order valence-corrected chi connectivity index (χ2v) is 5.36. The Morgan fingerprint density at radius 1 is 1.25 bits per heavy atom. The molecule has 3 nitrogen and oxygen atoms in total. The van der Waals surface area contributed by atoms with E-state index in [1.54, 1.807) is 0 Å². The monoisotopic (exact) mass is 287 g/mol. The predicted molar refractivity (Wildman–Crippen MR) is 90.3 cm³/mol. The molecule has 0 atom stereocenters. The van der Waals surface area contributed by atoms with Crippen molar-refractivity contribution in [2.45, 2.75) is 32.6 Å². The number of nitrogens with two attached hydrogens (primary N) is 1. The Labute approximate surface area is 125 Å². The molecule has 0 fully saturated rings. The first-order chi connectivity index (χ1) is 9.72. The molecule has 0 unspecified atom stereocenters. The van der Waals surface area contributed by atoms with E-state index in [1.807, 2.05) is 30.3 Å². The van der Waals surface area contributed by atoms with E-state index >= 15 is 0 Å². The van der Waals surface area contributed by atoms with Crippen molar-refractivity contribution in [3.63, 3.8) is 0 Å². The van der Waals surface area contributed by atoms with E-state index in [1.165, 1.54) is 19.3 Å². The van der Waals surface area contributed by atoms with Crippen molar-refractivity contribution < 1.29 is 0 Å². The molecule has 0 radical (unpaired) electrons. The van der Waals surface area contributed by atoms with Crippen LogP contribution in [0.3, 0.4) is 0 Å². The molecule has 3 N–H and O–H groups in total. The first-order valence-corrected chi connectivity index (χ1v) is 7.56. The summed E-state index contributed by atoms with van der Waals surface area (Å²) < 4.78 is 0. The maximum Gasteiger partial charge on any atom is 0.127 e. The van der Waals surface area contributed by atoms with E-state index in [0.717, 1.165) is 35.2 Å². The van der Waals surface area contributed by atoms with Crippen LogP contribution in [0.15, 0.2) is 30.3 Å². The second-order valence-electron chi connectivity index (χ2n) is 4.92. The number of thiocarbonyl (C=S) groups is 1. The lowest BCUT2D eigenvalue weighted by Gasteiger charge is -2.10. The lowest BCUT2D eigenvalue weighted by Crippen LogP contribution is -2.12. The number of nitrogens with one attached hydrogen (secondary N) is 1. The number of para-hydroxylation sites is 1. The number of anilines is 1. The lowest BCUT2D eigenvalue weighted by atomic mass is 10.1. The van der Waals surface area contributed by atoms with Gasteiger partial charge in [-0.2, -0.15) is 0 Å². The molecular formula is C16H21N3S. The predicted octanol–water partition coefficient (Wildman–Crippen LogP) is 3.86. The van der Waals surface area contributed by atoms with Crippen LogP contribution < -0.4 is 11.1 Å². The van der Waals surface area contributed by atoms with Gasteiger partial charge in [0.1, 0.15) is 10.8 Å². The summed E-state index contributed by atoms with van der Waals surface area (Å²) in [6, 6.07) is 9.89. The molecule has 4 heteroatoms. The van der Waals surface area contributed by atoms with Crippen molar-refractivity contribution >= 4 is 33.9 Å². The SMILES string of the molecule is CCCCCCNc1cc(C(N)=S)c2ccccc2n1. The van der Waals surface area contributed by atoms with E-state index in [0.29, 0.717) is 4.99 Å². The molecule has 0 amide bonds. The van der Waals surface area contributed by atoms with Gasteiger partial charge < -0.3 is 11.1 Å². The highest BCUT2D eigenvalue weighted by Gasteiger charge is 2.07. The average Bonchev–Trinajstić information content (AvgIpc) is 2.46. The summed E-state index contributed by atoms with van der Waals surface area (Å²) in [5, 5.41) is 4.38. The van der Waals surface area contributed by atoms with Gasteiger partial charge in [-0.15, -0.1) is 0 Å². The molecule has 0 saturated carbocycles. The van der Waals surface area contributed by atoms with Crippen LogP contribution in [0, 0.1) is 0 Å². The summed E-state index contributed by atoms with van der Waals surface area (Å²) in [6.07, 6.45) is 4.94. The molecule has 0 spiro atoms. The maximum absolute atomic E-state index is 5.82. The Morgan fingerprint density at radius 3 is 2.80 bits per heavy atom. The van der Waals surface area contributed by atoms with Crippen LogP contribution in [0.1, 0.15) is 38.2 Å². The highest BCUT2D eigenvalue weighted by atomic mass is 32.1. The van der Waals surface area contributed by atoms with Gasteiger partial charge in [-0.3, -0.25) is 0 Å². The molecule has 0 aliphatic carbocycles. The summed E-state index contributed by atoms with van der Waals surface area (Å²) in [6.45, 7) is 3.15. The van der Waals surface area contributed by atoms with Crippen LogP contribution in [-0.2, 0) is 0 Å². The first kappa shape index (κ1) is 14.7. The molecule has 1 aromatic carbocycles. The highest BCUT2D eigenvalue weighted by Crippen LogP contribution is 2.20. The number of fused-ring (bicyclic) bond motifs is 1. The zero-order valence-corrected chi connectivity index (χ0v) is 12.7. The summed E-state index contributed by atoms with van der Waals surface area (Å²) in [7, 11) is 0. The lowest BCUT2D eigenvalue weighted by molar-refractivity contribution is 0.684. The Balaban J connectivity index is 2.15. The van der Waals surface area contributed by atoms with Crippen molar-refractivity contribution in [2.24, 2.45) is 5.73 Å². The number of unbranched alkanes of at least 4 members (excludes halogenated alkanes) is 3. The molecular weight excluding hydrogens is 266 g/mol. The van der Waals surface area contributed by atoms with Crippen LogP contribution in [0.5, 0.6) is 0 Å². The van der Waals surface area contributed by atoms with Gasteiger partial charge in [0.15, 0.2) is 0 Å². The molecule has 20 heavy (non-hydrogen) atoms. The molecule has 1 heterocycles. The van der Waals surface area contributed by atoms with Crippen LogP contribution in [0.2, 0.25) is 0 Å². The minimum absolute atomic E-state index is 0.414. The van der Waals surface area contributed by atoms with Crippen LogP contribution in [0.4, 0.5) is 5.82 Å². The van der Waals surface area contributed by atoms with Gasteiger partial charge in [-0.05, 0) is 18.6 Å². The third kappa shape index (κ3) is 3.67. The summed E-state index contributed by atoms with van der Waals surface area (Å²) >= 11 is 5.14. The van der Waals surface area contributed by atoms with Crippen molar-refractivity contribution in [3.8, 4) is 0 Å². The van der Waals surface area contributed by atoms with E-state index in [9.17, 15) is 0 Å². The number of hydrogen-bond acceptors (Lipinski definition) is 3. The largest absolute Gasteiger partial charge is 0.389 e. The molecule has 2 aromatic rings. The smallest absolute Gasteiger partial charge is 0.127 e. The Hall–Kier alpha value is -1.68. The highest BCUT2D eigenvalue weighted by molar-refractivity contribution is 7.80. The number of benzene rings is 1. The van der Waals surface area contributed by atoms with Gasteiger partial charge in [0.25, 0.3) is 0 Å². The first-order valence-electron chi connectivity index (χ1n) is 7.16. The van der Waals surface area contributed by atoms with Crippen molar-refractivity contribution in [2.75, 3.05) is 11.9 Å². The zero-order chi connectivity index (χ0) is 14.4. The fraction of sp³-hybridized carbons (Fsp3) is 0.375. The number of nitrogens with zero attached hydrogens (tertiary/aromatic N) is 1. The molecule has 0 saturated heterocycles. The van der Waals surface area contributed by atoms with Crippen molar-refractivity contribution in [1.29, 1.82) is 0 Å². The van der Waals surface area contributed by atoms with Crippen LogP contribution >= 0.6 is 12.2 Å². The summed E-state index contributed by atoms with van der Waals surface area (Å²) in [5.41, 5.74) is 7.63. The minimum atomic E-state index is 0.414. The molecule has 106 valence electrons. The fourth-order valence-electron chi connectivity index (χ4n) is 2.24.